The SMILES string of the molecule is CC(CC(=O)N1CCC(OCCCN)CC1)NC(=O)C1CCCC1.Cl. The van der Waals surface area contributed by atoms with Crippen LogP contribution in [0.2, 0.25) is 0 Å². The Morgan fingerprint density at radius 2 is 1.84 bits per heavy atom. The van der Waals surface area contributed by atoms with Crippen molar-refractivity contribution in [1.82, 2.24) is 10.2 Å². The smallest absolute Gasteiger partial charge is 0.224 e. The van der Waals surface area contributed by atoms with Crippen LogP contribution in [0.3, 0.4) is 0 Å². The summed E-state index contributed by atoms with van der Waals surface area (Å²) >= 11 is 0. The van der Waals surface area contributed by atoms with Gasteiger partial charge in [0.05, 0.1) is 6.10 Å². The van der Waals surface area contributed by atoms with E-state index in [2.05, 4.69) is 5.32 Å². The van der Waals surface area contributed by atoms with E-state index in [1.807, 2.05) is 11.8 Å². The van der Waals surface area contributed by atoms with Gasteiger partial charge in [-0.2, -0.15) is 0 Å². The number of hydrogen-bond donors (Lipinski definition) is 2. The number of nitrogens with one attached hydrogen (secondary N) is 1. The van der Waals surface area contributed by atoms with Gasteiger partial charge in [-0.25, -0.2) is 0 Å². The highest BCUT2D eigenvalue weighted by Crippen LogP contribution is 2.25. The first-order chi connectivity index (χ1) is 11.6. The second-order valence-corrected chi connectivity index (χ2v) is 7.19. The van der Waals surface area contributed by atoms with Gasteiger partial charge in [-0.3, -0.25) is 9.59 Å². The molecule has 1 heterocycles. The predicted molar refractivity (Wildman–Crippen MR) is 101 cm³/mol. The zero-order valence-electron chi connectivity index (χ0n) is 15.4. The zero-order valence-corrected chi connectivity index (χ0v) is 16.2. The van der Waals surface area contributed by atoms with Gasteiger partial charge in [-0.15, -0.1) is 12.4 Å². The first kappa shape index (κ1) is 22.2. The Labute approximate surface area is 157 Å². The van der Waals surface area contributed by atoms with E-state index in [1.54, 1.807) is 0 Å². The lowest BCUT2D eigenvalue weighted by atomic mass is 10.1. The van der Waals surface area contributed by atoms with E-state index in [0.29, 0.717) is 19.6 Å². The van der Waals surface area contributed by atoms with Crippen molar-refractivity contribution in [3.63, 3.8) is 0 Å². The predicted octanol–water partition coefficient (Wildman–Crippen LogP) is 1.85. The van der Waals surface area contributed by atoms with Crippen LogP contribution in [0.25, 0.3) is 0 Å². The molecule has 7 heteroatoms. The summed E-state index contributed by atoms with van der Waals surface area (Å²) in [5.74, 6) is 0.415. The van der Waals surface area contributed by atoms with E-state index < -0.39 is 0 Å². The highest BCUT2D eigenvalue weighted by molar-refractivity contribution is 5.85. The molecule has 1 saturated carbocycles. The molecule has 0 radical (unpaired) electrons. The molecule has 1 aliphatic heterocycles. The number of nitrogens with two attached hydrogens (primary N) is 1. The van der Waals surface area contributed by atoms with Crippen molar-refractivity contribution in [1.29, 1.82) is 0 Å². The molecule has 1 aliphatic carbocycles. The number of piperidine rings is 1. The van der Waals surface area contributed by atoms with Crippen LogP contribution in [0.15, 0.2) is 0 Å². The summed E-state index contributed by atoms with van der Waals surface area (Å²) in [6, 6.07) is -0.0934. The molecule has 3 N–H and O–H groups in total. The third-order valence-electron chi connectivity index (χ3n) is 5.09. The number of ether oxygens (including phenoxy) is 1. The molecule has 1 saturated heterocycles. The fourth-order valence-electron chi connectivity index (χ4n) is 3.60. The van der Waals surface area contributed by atoms with E-state index in [0.717, 1.165) is 58.0 Å². The minimum absolute atomic E-state index is 0. The van der Waals surface area contributed by atoms with Crippen molar-refractivity contribution in [3.8, 4) is 0 Å². The van der Waals surface area contributed by atoms with Gasteiger partial charge in [0.1, 0.15) is 0 Å². The number of halogens is 1. The molecule has 0 aromatic rings. The van der Waals surface area contributed by atoms with Crippen LogP contribution in [0.1, 0.15) is 58.3 Å². The molecule has 2 rings (SSSR count). The number of likely N-dealkylation sites (tertiary alicyclic amines) is 1. The van der Waals surface area contributed by atoms with Crippen molar-refractivity contribution < 1.29 is 14.3 Å². The Morgan fingerprint density at radius 3 is 2.44 bits per heavy atom. The third kappa shape index (κ3) is 7.50. The summed E-state index contributed by atoms with van der Waals surface area (Å²) in [4.78, 5) is 26.4. The summed E-state index contributed by atoms with van der Waals surface area (Å²) in [6.07, 6.45) is 7.57. The van der Waals surface area contributed by atoms with Gasteiger partial charge in [0.2, 0.25) is 11.8 Å². The standard InChI is InChI=1S/C18H33N3O3.ClH/c1-14(20-18(23)15-5-2-3-6-15)13-17(22)21-10-7-16(8-11-21)24-12-4-9-19;/h14-16H,2-13,19H2,1H3,(H,20,23);1H. The Kier molecular flexibility index (Phi) is 10.4. The molecule has 0 spiro atoms. The van der Waals surface area contributed by atoms with E-state index in [9.17, 15) is 9.59 Å². The van der Waals surface area contributed by atoms with Crippen molar-refractivity contribution in [2.24, 2.45) is 11.7 Å². The molecule has 146 valence electrons. The molecule has 6 nitrogen and oxygen atoms in total. The Balaban J connectivity index is 0.00000312. The average Bonchev–Trinajstić information content (AvgIpc) is 3.10. The van der Waals surface area contributed by atoms with Gasteiger partial charge >= 0.3 is 0 Å². The molecular formula is C18H34ClN3O3. The molecule has 2 amide bonds. The number of carbonyl (C=O) groups excluding carboxylic acids is 2. The molecule has 2 aliphatic rings. The summed E-state index contributed by atoms with van der Waals surface area (Å²) < 4.78 is 5.77. The van der Waals surface area contributed by atoms with Crippen LogP contribution in [-0.2, 0) is 14.3 Å². The second-order valence-electron chi connectivity index (χ2n) is 7.19. The summed E-state index contributed by atoms with van der Waals surface area (Å²) in [5.41, 5.74) is 5.46. The highest BCUT2D eigenvalue weighted by atomic mass is 35.5. The second kappa shape index (κ2) is 11.7. The first-order valence-corrected chi connectivity index (χ1v) is 9.50. The number of rotatable bonds is 8. The Bertz CT molecular complexity index is 408. The minimum atomic E-state index is -0.0934. The zero-order chi connectivity index (χ0) is 17.4. The van der Waals surface area contributed by atoms with Gasteiger partial charge in [0.25, 0.3) is 0 Å². The van der Waals surface area contributed by atoms with Crippen molar-refractivity contribution in [2.45, 2.75) is 70.4 Å². The number of amides is 2. The molecule has 2 fully saturated rings. The van der Waals surface area contributed by atoms with E-state index >= 15 is 0 Å². The molecule has 0 aromatic carbocycles. The maximum atomic E-state index is 12.4. The van der Waals surface area contributed by atoms with E-state index in [1.165, 1.54) is 0 Å². The van der Waals surface area contributed by atoms with E-state index in [4.69, 9.17) is 10.5 Å². The lowest BCUT2D eigenvalue weighted by molar-refractivity contribution is -0.134. The largest absolute Gasteiger partial charge is 0.378 e. The highest BCUT2D eigenvalue weighted by Gasteiger charge is 2.27. The lowest BCUT2D eigenvalue weighted by Crippen LogP contribution is -2.44. The van der Waals surface area contributed by atoms with Crippen LogP contribution in [0, 0.1) is 5.92 Å². The molecule has 1 unspecified atom stereocenters. The maximum Gasteiger partial charge on any atom is 0.224 e. The van der Waals surface area contributed by atoms with Crippen LogP contribution in [0.4, 0.5) is 0 Å². The van der Waals surface area contributed by atoms with Crippen LogP contribution in [-0.4, -0.2) is 55.1 Å². The normalized spacial score (nSPS) is 20.2. The number of carbonyl (C=O) groups is 2. The van der Waals surface area contributed by atoms with Gasteiger partial charge in [0, 0.05) is 38.1 Å². The summed E-state index contributed by atoms with van der Waals surface area (Å²) in [7, 11) is 0. The number of hydrogen-bond acceptors (Lipinski definition) is 4. The lowest BCUT2D eigenvalue weighted by Gasteiger charge is -2.32. The van der Waals surface area contributed by atoms with Crippen molar-refractivity contribution >= 4 is 24.2 Å². The molecule has 25 heavy (non-hydrogen) atoms. The third-order valence-corrected chi connectivity index (χ3v) is 5.09. The molecular weight excluding hydrogens is 342 g/mol. The Hall–Kier alpha value is -0.850. The van der Waals surface area contributed by atoms with Crippen LogP contribution < -0.4 is 11.1 Å². The maximum absolute atomic E-state index is 12.4. The fourth-order valence-corrected chi connectivity index (χ4v) is 3.60. The van der Waals surface area contributed by atoms with Crippen molar-refractivity contribution in [3.05, 3.63) is 0 Å². The average molecular weight is 376 g/mol. The van der Waals surface area contributed by atoms with Gasteiger partial charge < -0.3 is 20.7 Å². The monoisotopic (exact) mass is 375 g/mol. The van der Waals surface area contributed by atoms with Gasteiger partial charge in [0.15, 0.2) is 0 Å². The Morgan fingerprint density at radius 1 is 1.20 bits per heavy atom. The van der Waals surface area contributed by atoms with Crippen LogP contribution >= 0.6 is 12.4 Å². The molecule has 1 atom stereocenters. The molecule has 0 aromatic heterocycles. The number of nitrogens with zero attached hydrogens (tertiary/aromatic N) is 1. The molecule has 0 bridgehead atoms. The fraction of sp³-hybridized carbons (Fsp3) is 0.889. The van der Waals surface area contributed by atoms with Crippen molar-refractivity contribution in [2.75, 3.05) is 26.2 Å². The first-order valence-electron chi connectivity index (χ1n) is 9.50. The van der Waals surface area contributed by atoms with Crippen LogP contribution in [0.5, 0.6) is 0 Å². The van der Waals surface area contributed by atoms with E-state index in [-0.39, 0.29) is 42.3 Å². The minimum Gasteiger partial charge on any atom is -0.378 e. The summed E-state index contributed by atoms with van der Waals surface area (Å²) in [6.45, 7) is 4.78. The summed E-state index contributed by atoms with van der Waals surface area (Å²) in [5, 5.41) is 3.01. The van der Waals surface area contributed by atoms with Gasteiger partial charge in [-0.05, 0) is 45.6 Å². The van der Waals surface area contributed by atoms with Gasteiger partial charge in [-0.1, -0.05) is 12.8 Å². The quantitative estimate of drug-likeness (QED) is 0.634. The topological polar surface area (TPSA) is 84.7 Å².